The van der Waals surface area contributed by atoms with Crippen LogP contribution in [0.15, 0.2) is 24.3 Å². The maximum Gasteiger partial charge on any atom is 0.318 e. The molecule has 3 amide bonds. The molecule has 18 heavy (non-hydrogen) atoms. The van der Waals surface area contributed by atoms with Crippen molar-refractivity contribution in [3.8, 4) is 5.75 Å². The first-order chi connectivity index (χ1) is 8.54. The Balaban J connectivity index is 2.57. The fraction of sp³-hybridized carbons (Fsp3) is 0.333. The number of urea groups is 1. The van der Waals surface area contributed by atoms with Crippen LogP contribution in [0.25, 0.3) is 0 Å². The monoisotopic (exact) mass is 251 g/mol. The van der Waals surface area contributed by atoms with Crippen molar-refractivity contribution in [2.24, 2.45) is 5.73 Å². The third-order valence-corrected chi connectivity index (χ3v) is 2.43. The molecule has 0 aliphatic rings. The molecule has 0 saturated heterocycles. The summed E-state index contributed by atoms with van der Waals surface area (Å²) in [5, 5.41) is 2.02. The number of hydrogen-bond acceptors (Lipinski definition) is 4. The molecule has 1 aromatic carbocycles. The number of imide groups is 1. The van der Waals surface area contributed by atoms with Crippen LogP contribution in [-0.4, -0.2) is 32.6 Å². The van der Waals surface area contributed by atoms with Crippen LogP contribution in [0.4, 0.5) is 10.5 Å². The normalized spacial score (nSPS) is 9.67. The third kappa shape index (κ3) is 3.97. The van der Waals surface area contributed by atoms with Crippen molar-refractivity contribution in [3.05, 3.63) is 24.3 Å². The second-order valence-electron chi connectivity index (χ2n) is 3.76. The number of carbonyl (C=O) groups is 2. The highest BCUT2D eigenvalue weighted by Gasteiger charge is 2.10. The van der Waals surface area contributed by atoms with Crippen molar-refractivity contribution in [3.63, 3.8) is 0 Å². The molecule has 98 valence electrons. The van der Waals surface area contributed by atoms with Crippen LogP contribution >= 0.6 is 0 Å². The van der Waals surface area contributed by atoms with Crippen molar-refractivity contribution in [1.82, 2.24) is 5.32 Å². The molecule has 0 aliphatic carbocycles. The van der Waals surface area contributed by atoms with Crippen LogP contribution in [0.3, 0.4) is 0 Å². The van der Waals surface area contributed by atoms with Gasteiger partial charge in [0.05, 0.1) is 12.8 Å². The van der Waals surface area contributed by atoms with Crippen molar-refractivity contribution in [2.45, 2.75) is 6.42 Å². The lowest BCUT2D eigenvalue weighted by atomic mass is 10.2. The number of ether oxygens (including phenoxy) is 1. The number of nitrogens with two attached hydrogens (primary N) is 1. The number of para-hydroxylation sites is 2. The van der Waals surface area contributed by atoms with Crippen LogP contribution in [0.1, 0.15) is 6.42 Å². The Hall–Kier alpha value is -2.24. The fourth-order valence-corrected chi connectivity index (χ4v) is 1.53. The van der Waals surface area contributed by atoms with Gasteiger partial charge in [-0.15, -0.1) is 0 Å². The molecule has 0 fully saturated rings. The van der Waals surface area contributed by atoms with E-state index in [2.05, 4.69) is 0 Å². The molecule has 1 rings (SSSR count). The number of anilines is 1. The number of hydrogen-bond donors (Lipinski definition) is 2. The summed E-state index contributed by atoms with van der Waals surface area (Å²) >= 11 is 0. The molecule has 1 aromatic rings. The molecule has 0 atom stereocenters. The summed E-state index contributed by atoms with van der Waals surface area (Å²) in [5.74, 6) is 0.333. The second kappa shape index (κ2) is 6.48. The standard InChI is InChI=1S/C12H17N3O3/c1-15(8-7-11(16)14-12(13)17)9-5-3-4-6-10(9)18-2/h3-6H,7-8H2,1-2H3,(H3,13,14,16,17). The maximum atomic E-state index is 11.3. The van der Waals surface area contributed by atoms with Gasteiger partial charge in [0.1, 0.15) is 5.75 Å². The van der Waals surface area contributed by atoms with Crippen molar-refractivity contribution in [2.75, 3.05) is 25.6 Å². The van der Waals surface area contributed by atoms with Gasteiger partial charge in [-0.3, -0.25) is 10.1 Å². The molecule has 0 saturated carbocycles. The van der Waals surface area contributed by atoms with E-state index in [1.54, 1.807) is 7.11 Å². The summed E-state index contributed by atoms with van der Waals surface area (Å²) in [6.07, 6.45) is 0.178. The zero-order chi connectivity index (χ0) is 13.5. The number of carbonyl (C=O) groups excluding carboxylic acids is 2. The zero-order valence-electron chi connectivity index (χ0n) is 10.5. The van der Waals surface area contributed by atoms with E-state index in [9.17, 15) is 9.59 Å². The average molecular weight is 251 g/mol. The SMILES string of the molecule is COc1ccccc1N(C)CCC(=O)NC(N)=O. The van der Waals surface area contributed by atoms with Gasteiger partial charge < -0.3 is 15.4 Å². The van der Waals surface area contributed by atoms with E-state index in [1.807, 2.05) is 41.5 Å². The second-order valence-corrected chi connectivity index (χ2v) is 3.76. The van der Waals surface area contributed by atoms with Gasteiger partial charge in [0, 0.05) is 20.0 Å². The third-order valence-electron chi connectivity index (χ3n) is 2.43. The summed E-state index contributed by atoms with van der Waals surface area (Å²) in [4.78, 5) is 23.6. The lowest BCUT2D eigenvalue weighted by Crippen LogP contribution is -2.36. The fourth-order valence-electron chi connectivity index (χ4n) is 1.53. The van der Waals surface area contributed by atoms with Crippen LogP contribution < -0.4 is 20.7 Å². The van der Waals surface area contributed by atoms with Crippen LogP contribution in [-0.2, 0) is 4.79 Å². The van der Waals surface area contributed by atoms with Crippen LogP contribution in [0.5, 0.6) is 5.75 Å². The first-order valence-corrected chi connectivity index (χ1v) is 5.48. The lowest BCUT2D eigenvalue weighted by Gasteiger charge is -2.21. The lowest BCUT2D eigenvalue weighted by molar-refractivity contribution is -0.119. The van der Waals surface area contributed by atoms with E-state index in [1.165, 1.54) is 0 Å². The highest BCUT2D eigenvalue weighted by atomic mass is 16.5. The highest BCUT2D eigenvalue weighted by Crippen LogP contribution is 2.26. The summed E-state index contributed by atoms with van der Waals surface area (Å²) in [6.45, 7) is 0.458. The van der Waals surface area contributed by atoms with Crippen molar-refractivity contribution < 1.29 is 14.3 Å². The molecule has 6 nitrogen and oxygen atoms in total. The van der Waals surface area contributed by atoms with E-state index in [0.717, 1.165) is 11.4 Å². The quantitative estimate of drug-likeness (QED) is 0.807. The average Bonchev–Trinajstić information content (AvgIpc) is 2.35. The van der Waals surface area contributed by atoms with Gasteiger partial charge >= 0.3 is 6.03 Å². The minimum atomic E-state index is -0.833. The summed E-state index contributed by atoms with van der Waals surface area (Å²) in [6, 6.07) is 6.66. The van der Waals surface area contributed by atoms with Crippen LogP contribution in [0, 0.1) is 0 Å². The van der Waals surface area contributed by atoms with E-state index >= 15 is 0 Å². The Morgan fingerprint density at radius 3 is 2.67 bits per heavy atom. The zero-order valence-corrected chi connectivity index (χ0v) is 10.5. The number of primary amides is 1. The first kappa shape index (κ1) is 13.8. The van der Waals surface area contributed by atoms with Gasteiger partial charge in [0.15, 0.2) is 0 Å². The van der Waals surface area contributed by atoms with Gasteiger partial charge in [-0.05, 0) is 12.1 Å². The Morgan fingerprint density at radius 1 is 1.39 bits per heavy atom. The molecule has 0 aromatic heterocycles. The molecular formula is C12H17N3O3. The predicted molar refractivity (Wildman–Crippen MR) is 68.6 cm³/mol. The Labute approximate surface area is 106 Å². The summed E-state index contributed by atoms with van der Waals surface area (Å²) in [7, 11) is 3.43. The van der Waals surface area contributed by atoms with Crippen molar-refractivity contribution >= 4 is 17.6 Å². The smallest absolute Gasteiger partial charge is 0.318 e. The predicted octanol–water partition coefficient (Wildman–Crippen LogP) is 0.716. The maximum absolute atomic E-state index is 11.3. The Morgan fingerprint density at radius 2 is 2.06 bits per heavy atom. The number of nitrogens with zero attached hydrogens (tertiary/aromatic N) is 1. The molecule has 0 bridgehead atoms. The molecule has 0 unspecified atom stereocenters. The van der Waals surface area contributed by atoms with E-state index < -0.39 is 11.9 Å². The van der Waals surface area contributed by atoms with Gasteiger partial charge in [-0.1, -0.05) is 12.1 Å². The minimum Gasteiger partial charge on any atom is -0.495 e. The van der Waals surface area contributed by atoms with Crippen molar-refractivity contribution in [1.29, 1.82) is 0 Å². The van der Waals surface area contributed by atoms with Gasteiger partial charge in [0.2, 0.25) is 5.91 Å². The summed E-state index contributed by atoms with van der Waals surface area (Å²) in [5.41, 5.74) is 5.73. The van der Waals surface area contributed by atoms with E-state index in [0.29, 0.717) is 6.54 Å². The Bertz CT molecular complexity index is 434. The number of methoxy groups -OCH3 is 1. The largest absolute Gasteiger partial charge is 0.495 e. The van der Waals surface area contributed by atoms with Gasteiger partial charge in [-0.25, -0.2) is 4.79 Å². The Kier molecular flexibility index (Phi) is 4.98. The van der Waals surface area contributed by atoms with Crippen LogP contribution in [0.2, 0.25) is 0 Å². The highest BCUT2D eigenvalue weighted by molar-refractivity contribution is 5.93. The summed E-state index contributed by atoms with van der Waals surface area (Å²) < 4.78 is 5.22. The molecule has 0 heterocycles. The number of benzene rings is 1. The molecule has 6 heteroatoms. The minimum absolute atomic E-state index is 0.178. The first-order valence-electron chi connectivity index (χ1n) is 5.48. The van der Waals surface area contributed by atoms with E-state index in [-0.39, 0.29) is 6.42 Å². The molecule has 0 radical (unpaired) electrons. The molecule has 0 aliphatic heterocycles. The molecule has 0 spiro atoms. The number of amides is 3. The molecular weight excluding hydrogens is 234 g/mol. The van der Waals surface area contributed by atoms with Gasteiger partial charge in [0.25, 0.3) is 0 Å². The number of nitrogens with one attached hydrogen (secondary N) is 1. The topological polar surface area (TPSA) is 84.7 Å². The van der Waals surface area contributed by atoms with Gasteiger partial charge in [-0.2, -0.15) is 0 Å². The molecule has 3 N–H and O–H groups in total. The van der Waals surface area contributed by atoms with E-state index in [4.69, 9.17) is 10.5 Å². The number of rotatable bonds is 5.